The summed E-state index contributed by atoms with van der Waals surface area (Å²) in [7, 11) is 0. The summed E-state index contributed by atoms with van der Waals surface area (Å²) < 4.78 is 4.90. The average molecular weight is 292 g/mol. The summed E-state index contributed by atoms with van der Waals surface area (Å²) in [6.07, 6.45) is 0.905. The fourth-order valence-electron chi connectivity index (χ4n) is 2.18. The van der Waals surface area contributed by atoms with Crippen molar-refractivity contribution in [2.75, 3.05) is 25.0 Å². The van der Waals surface area contributed by atoms with Gasteiger partial charge in [-0.15, -0.1) is 0 Å². The van der Waals surface area contributed by atoms with Crippen LogP contribution in [0.4, 0.5) is 10.5 Å². The third-order valence-corrected chi connectivity index (χ3v) is 3.40. The van der Waals surface area contributed by atoms with Gasteiger partial charge in [0.15, 0.2) is 0 Å². The molecule has 0 radical (unpaired) electrons. The molecule has 0 bridgehead atoms. The number of ether oxygens (including phenoxy) is 1. The number of nitrogens with zero attached hydrogens (tertiary/aromatic N) is 1. The maximum absolute atomic E-state index is 12.0. The van der Waals surface area contributed by atoms with E-state index in [-0.39, 0.29) is 18.1 Å². The lowest BCUT2D eigenvalue weighted by molar-refractivity contribution is 0.0526. The van der Waals surface area contributed by atoms with Gasteiger partial charge in [0.05, 0.1) is 18.3 Å². The van der Waals surface area contributed by atoms with Gasteiger partial charge >= 0.3 is 12.0 Å². The smallest absolute Gasteiger partial charge is 0.338 e. The van der Waals surface area contributed by atoms with E-state index in [1.54, 1.807) is 36.1 Å². The van der Waals surface area contributed by atoms with E-state index >= 15 is 0 Å². The first kappa shape index (κ1) is 15.3. The molecule has 1 aliphatic rings. The van der Waals surface area contributed by atoms with E-state index in [1.807, 2.05) is 0 Å². The highest BCUT2D eigenvalue weighted by Crippen LogP contribution is 2.14. The van der Waals surface area contributed by atoms with Crippen molar-refractivity contribution in [3.63, 3.8) is 0 Å². The molecule has 1 fully saturated rings. The van der Waals surface area contributed by atoms with E-state index in [1.165, 1.54) is 0 Å². The van der Waals surface area contributed by atoms with Gasteiger partial charge < -0.3 is 20.1 Å². The third kappa shape index (κ3) is 4.19. The Morgan fingerprint density at radius 2 is 1.90 bits per heavy atom. The standard InChI is InChI=1S/C15H20N2O4/c1-2-21-14(19)11-3-5-12(6-4-11)16-15(20)17-9-7-13(18)8-10-17/h3-6,13,18H,2,7-10H2,1H3,(H,16,20). The molecule has 0 saturated carbocycles. The molecule has 2 N–H and O–H groups in total. The van der Waals surface area contributed by atoms with Gasteiger partial charge in [0.1, 0.15) is 0 Å². The Morgan fingerprint density at radius 1 is 1.29 bits per heavy atom. The highest BCUT2D eigenvalue weighted by atomic mass is 16.5. The number of carbonyl (C=O) groups is 2. The Bertz CT molecular complexity index is 493. The second-order valence-corrected chi connectivity index (χ2v) is 4.95. The molecule has 1 aromatic rings. The number of aliphatic hydroxyl groups excluding tert-OH is 1. The summed E-state index contributed by atoms with van der Waals surface area (Å²) >= 11 is 0. The maximum Gasteiger partial charge on any atom is 0.338 e. The SMILES string of the molecule is CCOC(=O)c1ccc(NC(=O)N2CCC(O)CC2)cc1. The molecule has 2 amide bonds. The molecule has 2 rings (SSSR count). The van der Waals surface area contributed by atoms with Gasteiger partial charge in [-0.1, -0.05) is 0 Å². The minimum Gasteiger partial charge on any atom is -0.462 e. The van der Waals surface area contributed by atoms with Crippen LogP contribution in [0.3, 0.4) is 0 Å². The second kappa shape index (κ2) is 7.08. The average Bonchev–Trinajstić information content (AvgIpc) is 2.49. The van der Waals surface area contributed by atoms with Gasteiger partial charge in [-0.3, -0.25) is 0 Å². The van der Waals surface area contributed by atoms with Crippen LogP contribution in [-0.2, 0) is 4.74 Å². The van der Waals surface area contributed by atoms with Crippen LogP contribution >= 0.6 is 0 Å². The number of piperidine rings is 1. The molecular formula is C15H20N2O4. The van der Waals surface area contributed by atoms with E-state index in [2.05, 4.69) is 5.32 Å². The van der Waals surface area contributed by atoms with Gasteiger partial charge in [-0.25, -0.2) is 9.59 Å². The van der Waals surface area contributed by atoms with Gasteiger partial charge in [0.2, 0.25) is 0 Å². The summed E-state index contributed by atoms with van der Waals surface area (Å²) in [4.78, 5) is 25.2. The molecule has 0 atom stereocenters. The van der Waals surface area contributed by atoms with Gasteiger partial charge in [0, 0.05) is 18.8 Å². The van der Waals surface area contributed by atoms with E-state index < -0.39 is 0 Å². The highest BCUT2D eigenvalue weighted by Gasteiger charge is 2.21. The largest absolute Gasteiger partial charge is 0.462 e. The van der Waals surface area contributed by atoms with Crippen LogP contribution in [-0.4, -0.2) is 47.8 Å². The summed E-state index contributed by atoms with van der Waals surface area (Å²) in [6.45, 7) is 3.18. The predicted octanol–water partition coefficient (Wildman–Crippen LogP) is 1.85. The first-order chi connectivity index (χ1) is 10.1. The Morgan fingerprint density at radius 3 is 2.48 bits per heavy atom. The third-order valence-electron chi connectivity index (χ3n) is 3.40. The molecule has 1 aliphatic heterocycles. The van der Waals surface area contributed by atoms with Crippen molar-refractivity contribution in [1.29, 1.82) is 0 Å². The van der Waals surface area contributed by atoms with Crippen LogP contribution in [0.15, 0.2) is 24.3 Å². The highest BCUT2D eigenvalue weighted by molar-refractivity contribution is 5.92. The van der Waals surface area contributed by atoms with Crippen LogP contribution in [0, 0.1) is 0 Å². The fourth-order valence-corrected chi connectivity index (χ4v) is 2.18. The molecule has 21 heavy (non-hydrogen) atoms. The minimum atomic E-state index is -0.375. The zero-order valence-electron chi connectivity index (χ0n) is 12.0. The molecular weight excluding hydrogens is 272 g/mol. The number of urea groups is 1. The molecule has 0 aromatic heterocycles. The van der Waals surface area contributed by atoms with Gasteiger partial charge in [0.25, 0.3) is 0 Å². The minimum absolute atomic E-state index is 0.189. The maximum atomic E-state index is 12.0. The van der Waals surface area contributed by atoms with Crippen molar-refractivity contribution in [2.45, 2.75) is 25.9 Å². The first-order valence-electron chi connectivity index (χ1n) is 7.11. The molecule has 6 nitrogen and oxygen atoms in total. The molecule has 0 spiro atoms. The summed E-state index contributed by atoms with van der Waals surface area (Å²) in [5.74, 6) is -0.375. The molecule has 0 unspecified atom stereocenters. The van der Waals surface area contributed by atoms with Crippen molar-refractivity contribution in [3.05, 3.63) is 29.8 Å². The quantitative estimate of drug-likeness (QED) is 0.833. The van der Waals surface area contributed by atoms with Crippen molar-refractivity contribution >= 4 is 17.7 Å². The Hall–Kier alpha value is -2.08. The zero-order valence-corrected chi connectivity index (χ0v) is 12.0. The lowest BCUT2D eigenvalue weighted by Crippen LogP contribution is -2.42. The van der Waals surface area contributed by atoms with Crippen molar-refractivity contribution in [3.8, 4) is 0 Å². The number of anilines is 1. The van der Waals surface area contributed by atoms with Crippen LogP contribution in [0.1, 0.15) is 30.1 Å². The van der Waals surface area contributed by atoms with Crippen molar-refractivity contribution < 1.29 is 19.4 Å². The van der Waals surface area contributed by atoms with E-state index in [0.717, 1.165) is 0 Å². The molecule has 1 heterocycles. The number of hydrogen-bond donors (Lipinski definition) is 2. The molecule has 0 aliphatic carbocycles. The predicted molar refractivity (Wildman–Crippen MR) is 78.2 cm³/mol. The van der Waals surface area contributed by atoms with Gasteiger partial charge in [-0.2, -0.15) is 0 Å². The number of hydrogen-bond acceptors (Lipinski definition) is 4. The summed E-state index contributed by atoms with van der Waals surface area (Å²) in [5.41, 5.74) is 1.08. The second-order valence-electron chi connectivity index (χ2n) is 4.95. The fraction of sp³-hybridized carbons (Fsp3) is 0.467. The van der Waals surface area contributed by atoms with Crippen molar-refractivity contribution in [2.24, 2.45) is 0 Å². The van der Waals surface area contributed by atoms with E-state index in [9.17, 15) is 14.7 Å². The van der Waals surface area contributed by atoms with Crippen LogP contribution in [0.2, 0.25) is 0 Å². The number of amides is 2. The zero-order chi connectivity index (χ0) is 15.2. The topological polar surface area (TPSA) is 78.9 Å². The van der Waals surface area contributed by atoms with Gasteiger partial charge in [-0.05, 0) is 44.0 Å². The molecule has 1 saturated heterocycles. The van der Waals surface area contributed by atoms with E-state index in [4.69, 9.17) is 4.74 Å². The number of nitrogens with one attached hydrogen (secondary N) is 1. The number of benzene rings is 1. The summed E-state index contributed by atoms with van der Waals surface area (Å²) in [5, 5.41) is 12.2. The lowest BCUT2D eigenvalue weighted by Gasteiger charge is -2.29. The Kier molecular flexibility index (Phi) is 5.16. The molecule has 6 heteroatoms. The Labute approximate surface area is 123 Å². The van der Waals surface area contributed by atoms with E-state index in [0.29, 0.717) is 43.8 Å². The normalized spacial score (nSPS) is 15.6. The van der Waals surface area contributed by atoms with Crippen LogP contribution in [0.25, 0.3) is 0 Å². The number of likely N-dealkylation sites (tertiary alicyclic amines) is 1. The number of carbonyl (C=O) groups excluding carboxylic acids is 2. The van der Waals surface area contributed by atoms with Crippen LogP contribution < -0.4 is 5.32 Å². The van der Waals surface area contributed by atoms with Crippen molar-refractivity contribution in [1.82, 2.24) is 4.90 Å². The molecule has 1 aromatic carbocycles. The van der Waals surface area contributed by atoms with Crippen LogP contribution in [0.5, 0.6) is 0 Å². The number of esters is 1. The first-order valence-corrected chi connectivity index (χ1v) is 7.11. The number of rotatable bonds is 3. The summed E-state index contributed by atoms with van der Waals surface area (Å²) in [6, 6.07) is 6.39. The molecule has 114 valence electrons. The monoisotopic (exact) mass is 292 g/mol. The number of aliphatic hydroxyl groups is 1. The Balaban J connectivity index is 1.91. The lowest BCUT2D eigenvalue weighted by atomic mass is 10.1.